The third kappa shape index (κ3) is 3.60. The molecule has 0 atom stereocenters. The first kappa shape index (κ1) is 25.3. The largest absolute Gasteiger partial charge is 0.497 e. The number of fused-ring (bicyclic) bond motifs is 7. The van der Waals surface area contributed by atoms with E-state index in [2.05, 4.69) is 141 Å². The van der Waals surface area contributed by atoms with Gasteiger partial charge in [0.15, 0.2) is 0 Å². The Kier molecular flexibility index (Phi) is 5.43. The molecule has 4 nitrogen and oxygen atoms in total. The molecule has 7 aromatic rings. The number of benzene rings is 5. The van der Waals surface area contributed by atoms with Crippen LogP contribution < -0.4 is 5.46 Å². The van der Waals surface area contributed by atoms with Crippen LogP contribution in [0.3, 0.4) is 0 Å². The van der Waals surface area contributed by atoms with Crippen molar-refractivity contribution in [3.8, 4) is 16.9 Å². The van der Waals surface area contributed by atoms with E-state index in [1.54, 1.807) is 0 Å². The van der Waals surface area contributed by atoms with Crippen LogP contribution in [0.5, 0.6) is 0 Å². The molecule has 1 saturated heterocycles. The number of hydrogen-bond donors (Lipinski definition) is 0. The van der Waals surface area contributed by atoms with Crippen LogP contribution >= 0.6 is 0 Å². The zero-order valence-electron chi connectivity index (χ0n) is 24.3. The molecule has 2 aromatic heterocycles. The summed E-state index contributed by atoms with van der Waals surface area (Å²) < 4.78 is 15.5. The Morgan fingerprint density at radius 3 is 1.95 bits per heavy atom. The van der Waals surface area contributed by atoms with Crippen molar-refractivity contribution >= 4 is 56.1 Å². The van der Waals surface area contributed by atoms with Gasteiger partial charge in [0, 0.05) is 43.6 Å². The number of pyridine rings is 1. The molecule has 5 aromatic carbocycles. The monoisotopic (exact) mass is 546 g/mol. The number of rotatable bonds is 3. The Hall–Kier alpha value is -4.45. The Labute approximate surface area is 245 Å². The summed E-state index contributed by atoms with van der Waals surface area (Å²) in [6.45, 7) is 8.38. The lowest BCUT2D eigenvalue weighted by molar-refractivity contribution is 0.00578. The van der Waals surface area contributed by atoms with E-state index in [0.29, 0.717) is 0 Å². The first-order valence-electron chi connectivity index (χ1n) is 14.6. The van der Waals surface area contributed by atoms with Gasteiger partial charge in [0.1, 0.15) is 0 Å². The number of para-hydroxylation sites is 3. The minimum absolute atomic E-state index is 0.449. The smallest absolute Gasteiger partial charge is 0.399 e. The Bertz CT molecular complexity index is 2130. The molecule has 5 heteroatoms. The summed E-state index contributed by atoms with van der Waals surface area (Å²) in [4.78, 5) is 5.40. The minimum Gasteiger partial charge on any atom is -0.399 e. The Balaban J connectivity index is 1.54. The van der Waals surface area contributed by atoms with Crippen LogP contribution in [-0.4, -0.2) is 27.9 Å². The van der Waals surface area contributed by atoms with Crippen LogP contribution in [-0.2, 0) is 9.31 Å². The van der Waals surface area contributed by atoms with Crippen LogP contribution in [0.4, 0.5) is 0 Å². The van der Waals surface area contributed by atoms with Crippen molar-refractivity contribution in [3.05, 3.63) is 115 Å². The molecule has 1 aliphatic rings. The van der Waals surface area contributed by atoms with E-state index in [0.717, 1.165) is 38.7 Å². The lowest BCUT2D eigenvalue weighted by atomic mass is 9.77. The molecule has 8 rings (SSSR count). The van der Waals surface area contributed by atoms with Crippen LogP contribution in [0, 0.1) is 0 Å². The van der Waals surface area contributed by atoms with Crippen molar-refractivity contribution in [2.24, 2.45) is 0 Å². The molecule has 0 aliphatic carbocycles. The van der Waals surface area contributed by atoms with Gasteiger partial charge in [-0.3, -0.25) is 0 Å². The average Bonchev–Trinajstić information content (AvgIpc) is 3.46. The number of hydrogen-bond acceptors (Lipinski definition) is 3. The fourth-order valence-corrected chi connectivity index (χ4v) is 6.43. The van der Waals surface area contributed by atoms with Gasteiger partial charge in [-0.15, -0.1) is 0 Å². The molecule has 0 amide bonds. The predicted molar refractivity (Wildman–Crippen MR) is 175 cm³/mol. The average molecular weight is 546 g/mol. The highest BCUT2D eigenvalue weighted by molar-refractivity contribution is 6.65. The fraction of sp³-hybridized carbons (Fsp3) is 0.162. The maximum atomic E-state index is 6.57. The van der Waals surface area contributed by atoms with Crippen LogP contribution in [0.15, 0.2) is 115 Å². The van der Waals surface area contributed by atoms with Crippen molar-refractivity contribution in [3.63, 3.8) is 0 Å². The van der Waals surface area contributed by atoms with E-state index in [-0.39, 0.29) is 0 Å². The molecule has 0 radical (unpaired) electrons. The van der Waals surface area contributed by atoms with E-state index in [1.807, 2.05) is 6.07 Å². The third-order valence-electron chi connectivity index (χ3n) is 9.22. The minimum atomic E-state index is -0.517. The summed E-state index contributed by atoms with van der Waals surface area (Å²) in [5.74, 6) is 0. The Morgan fingerprint density at radius 2 is 1.21 bits per heavy atom. The summed E-state index contributed by atoms with van der Waals surface area (Å²) >= 11 is 0. The molecular formula is C37H31BN2O2. The van der Waals surface area contributed by atoms with Gasteiger partial charge in [0.25, 0.3) is 0 Å². The van der Waals surface area contributed by atoms with Crippen LogP contribution in [0.2, 0.25) is 0 Å². The van der Waals surface area contributed by atoms with Crippen molar-refractivity contribution in [1.29, 1.82) is 0 Å². The SMILES string of the molecule is CC1(C)OB(c2cccc3c2nc(-c2ccccc2)c2ccc4c(c5ccccc5n4-c4ccccc4)c23)OC1(C)C. The summed E-state index contributed by atoms with van der Waals surface area (Å²) in [5.41, 5.74) is 6.50. The highest BCUT2D eigenvalue weighted by Crippen LogP contribution is 2.43. The Morgan fingerprint density at radius 1 is 0.571 bits per heavy atom. The normalized spacial score (nSPS) is 16.2. The van der Waals surface area contributed by atoms with Gasteiger partial charge in [0.2, 0.25) is 0 Å². The van der Waals surface area contributed by atoms with Gasteiger partial charge in [-0.05, 0) is 52.0 Å². The molecule has 3 heterocycles. The van der Waals surface area contributed by atoms with Gasteiger partial charge >= 0.3 is 7.12 Å². The quantitative estimate of drug-likeness (QED) is 0.165. The summed E-state index contributed by atoms with van der Waals surface area (Å²) in [5, 5.41) is 5.86. The van der Waals surface area contributed by atoms with Gasteiger partial charge in [-0.25, -0.2) is 4.98 Å². The second-order valence-corrected chi connectivity index (χ2v) is 12.2. The van der Waals surface area contributed by atoms with E-state index in [1.165, 1.54) is 27.2 Å². The van der Waals surface area contributed by atoms with E-state index in [9.17, 15) is 0 Å². The van der Waals surface area contributed by atoms with Crippen molar-refractivity contribution in [2.75, 3.05) is 0 Å². The molecule has 1 fully saturated rings. The second kappa shape index (κ2) is 9.03. The van der Waals surface area contributed by atoms with E-state index in [4.69, 9.17) is 14.3 Å². The standard InChI is InChI=1S/C37H31BN2O2/c1-36(2)37(3,4)42-38(41-36)29-20-13-19-27-32-28(34(39-35(27)29)24-14-7-5-8-15-24)22-23-31-33(32)26-18-11-12-21-30(26)40(31)25-16-9-6-10-17-25/h5-23H,1-4H3. The highest BCUT2D eigenvalue weighted by Gasteiger charge is 2.52. The van der Waals surface area contributed by atoms with Gasteiger partial charge in [-0.1, -0.05) is 91.0 Å². The molecule has 42 heavy (non-hydrogen) atoms. The molecule has 0 spiro atoms. The summed E-state index contributed by atoms with van der Waals surface area (Å²) in [6, 6.07) is 40.7. The first-order valence-corrected chi connectivity index (χ1v) is 14.6. The lowest BCUT2D eigenvalue weighted by Gasteiger charge is -2.32. The maximum Gasteiger partial charge on any atom is 0.497 e. The van der Waals surface area contributed by atoms with Crippen molar-refractivity contribution < 1.29 is 9.31 Å². The maximum absolute atomic E-state index is 6.57. The van der Waals surface area contributed by atoms with Gasteiger partial charge < -0.3 is 13.9 Å². The molecule has 0 N–H and O–H groups in total. The molecule has 204 valence electrons. The summed E-state index contributed by atoms with van der Waals surface area (Å²) in [7, 11) is -0.517. The zero-order valence-corrected chi connectivity index (χ0v) is 24.3. The summed E-state index contributed by atoms with van der Waals surface area (Å²) in [6.07, 6.45) is 0. The van der Waals surface area contributed by atoms with Crippen molar-refractivity contribution in [1.82, 2.24) is 9.55 Å². The molecular weight excluding hydrogens is 515 g/mol. The molecule has 0 unspecified atom stereocenters. The van der Waals surface area contributed by atoms with Crippen LogP contribution in [0.25, 0.3) is 60.4 Å². The molecule has 0 bridgehead atoms. The van der Waals surface area contributed by atoms with E-state index < -0.39 is 18.3 Å². The predicted octanol–water partition coefficient (Wildman–Crippen LogP) is 8.45. The van der Waals surface area contributed by atoms with Gasteiger partial charge in [-0.2, -0.15) is 0 Å². The lowest BCUT2D eigenvalue weighted by Crippen LogP contribution is -2.41. The first-order chi connectivity index (χ1) is 20.3. The molecule has 0 saturated carbocycles. The molecule has 1 aliphatic heterocycles. The van der Waals surface area contributed by atoms with Crippen molar-refractivity contribution in [2.45, 2.75) is 38.9 Å². The van der Waals surface area contributed by atoms with Crippen LogP contribution in [0.1, 0.15) is 27.7 Å². The third-order valence-corrected chi connectivity index (χ3v) is 9.22. The zero-order chi connectivity index (χ0) is 28.6. The number of nitrogens with zero attached hydrogens (tertiary/aromatic N) is 2. The number of aromatic nitrogens is 2. The highest BCUT2D eigenvalue weighted by atomic mass is 16.7. The second-order valence-electron chi connectivity index (χ2n) is 12.2. The topological polar surface area (TPSA) is 36.3 Å². The van der Waals surface area contributed by atoms with E-state index >= 15 is 0 Å². The van der Waals surface area contributed by atoms with Gasteiger partial charge in [0.05, 0.1) is 33.4 Å². The fourth-order valence-electron chi connectivity index (χ4n) is 6.43.